The van der Waals surface area contributed by atoms with Crippen LogP contribution < -0.4 is 20.4 Å². The summed E-state index contributed by atoms with van der Waals surface area (Å²) >= 11 is 0. The molecule has 0 radical (unpaired) electrons. The maximum absolute atomic E-state index is 11.4. The van der Waals surface area contributed by atoms with Crippen molar-refractivity contribution < 1.29 is 42.1 Å². The molecule has 140 valence electrons. The van der Waals surface area contributed by atoms with E-state index in [1.54, 1.807) is 72.8 Å². The van der Waals surface area contributed by atoms with Gasteiger partial charge in [-0.15, -0.1) is 23.0 Å². The van der Waals surface area contributed by atoms with Gasteiger partial charge in [0.25, 0.3) is 0 Å². The van der Waals surface area contributed by atoms with Gasteiger partial charge in [-0.05, 0) is 22.3 Å². The minimum absolute atomic E-state index is 0. The third-order valence-electron chi connectivity index (χ3n) is 4.13. The molecule has 0 saturated carbocycles. The van der Waals surface area contributed by atoms with E-state index in [9.17, 15) is 20.4 Å². The average Bonchev–Trinajstić information content (AvgIpc) is 2.71. The van der Waals surface area contributed by atoms with E-state index in [4.69, 9.17) is 0 Å². The van der Waals surface area contributed by atoms with E-state index >= 15 is 0 Å². The van der Waals surface area contributed by atoms with Gasteiger partial charge in [0.1, 0.15) is 0 Å². The molecule has 0 unspecified atom stereocenters. The third-order valence-corrected chi connectivity index (χ3v) is 4.13. The molecular weight excluding hydrogens is 400 g/mol. The summed E-state index contributed by atoms with van der Waals surface area (Å²) in [6.07, 6.45) is 0. The zero-order valence-electron chi connectivity index (χ0n) is 15.4. The maximum atomic E-state index is 11.4. The minimum atomic E-state index is -0.115. The number of para-hydroxylation sites is 4. The van der Waals surface area contributed by atoms with E-state index in [0.717, 1.165) is 0 Å². The molecule has 0 N–H and O–H groups in total. The zero-order chi connectivity index (χ0) is 19.9. The molecule has 0 aliphatic carbocycles. The summed E-state index contributed by atoms with van der Waals surface area (Å²) in [4.78, 5) is 0. The second-order valence-electron chi connectivity index (χ2n) is 5.98. The minimum Gasteiger partial charge on any atom is -0.872 e. The van der Waals surface area contributed by atoms with Crippen molar-refractivity contribution in [3.05, 3.63) is 97.1 Å². The Labute approximate surface area is 184 Å². The summed E-state index contributed by atoms with van der Waals surface area (Å²) in [5.74, 6) is -0.460. The molecule has 0 heterocycles. The fourth-order valence-corrected chi connectivity index (χ4v) is 2.76. The zero-order valence-corrected chi connectivity index (χ0v) is 16.9. The molecular formula is C24H16O4Ti. The predicted molar refractivity (Wildman–Crippen MR) is 102 cm³/mol. The monoisotopic (exact) mass is 416 g/mol. The fourth-order valence-electron chi connectivity index (χ4n) is 2.76. The van der Waals surface area contributed by atoms with Gasteiger partial charge in [-0.2, -0.15) is 0 Å². The Hall–Kier alpha value is -3.21. The molecule has 5 heteroatoms. The Morgan fingerprint density at radius 3 is 0.655 bits per heavy atom. The van der Waals surface area contributed by atoms with Gasteiger partial charge in [0, 0.05) is 0 Å². The summed E-state index contributed by atoms with van der Waals surface area (Å²) < 4.78 is 0. The summed E-state index contributed by atoms with van der Waals surface area (Å²) in [5, 5.41) is 45.7. The molecule has 4 aromatic carbocycles. The van der Waals surface area contributed by atoms with Crippen molar-refractivity contribution >= 4 is 0 Å². The van der Waals surface area contributed by atoms with Crippen LogP contribution in [-0.4, -0.2) is 0 Å². The van der Waals surface area contributed by atoms with Crippen LogP contribution in [0.4, 0.5) is 0 Å². The normalized spacial score (nSPS) is 9.66. The Morgan fingerprint density at radius 1 is 0.310 bits per heavy atom. The Morgan fingerprint density at radius 2 is 0.483 bits per heavy atom. The van der Waals surface area contributed by atoms with Crippen molar-refractivity contribution in [2.75, 3.05) is 0 Å². The SMILES string of the molecule is [O-]c1ccccc1-c1ccccc1[O-].[O-]c1ccccc1-c1ccccc1[O-].[Ti+4]. The van der Waals surface area contributed by atoms with Crippen LogP contribution in [0.2, 0.25) is 0 Å². The second-order valence-corrected chi connectivity index (χ2v) is 5.98. The van der Waals surface area contributed by atoms with Crippen molar-refractivity contribution in [3.63, 3.8) is 0 Å². The van der Waals surface area contributed by atoms with Crippen molar-refractivity contribution in [1.82, 2.24) is 0 Å². The van der Waals surface area contributed by atoms with Crippen LogP contribution in [-0.2, 0) is 21.7 Å². The summed E-state index contributed by atoms with van der Waals surface area (Å²) in [6, 6.07) is 26.2. The van der Waals surface area contributed by atoms with Crippen LogP contribution in [0.3, 0.4) is 0 Å². The number of hydrogen-bond donors (Lipinski definition) is 0. The van der Waals surface area contributed by atoms with Gasteiger partial charge < -0.3 is 20.4 Å². The van der Waals surface area contributed by atoms with E-state index < -0.39 is 0 Å². The molecule has 29 heavy (non-hydrogen) atoms. The van der Waals surface area contributed by atoms with Gasteiger partial charge in [0.2, 0.25) is 0 Å². The standard InChI is InChI=1S/2C12H10O2.Ti/c2*13-11-7-3-1-5-9(11)10-6-2-4-8-12(10)14;/h2*1-8,13-14H;/q;;+4/p-4. The first-order valence-electron chi connectivity index (χ1n) is 8.63. The summed E-state index contributed by atoms with van der Waals surface area (Å²) in [7, 11) is 0. The van der Waals surface area contributed by atoms with Crippen molar-refractivity contribution in [2.45, 2.75) is 0 Å². The first kappa shape index (κ1) is 22.1. The van der Waals surface area contributed by atoms with Crippen LogP contribution in [0, 0.1) is 0 Å². The van der Waals surface area contributed by atoms with Crippen LogP contribution in [0.5, 0.6) is 23.0 Å². The number of benzene rings is 4. The first-order valence-corrected chi connectivity index (χ1v) is 8.63. The van der Waals surface area contributed by atoms with Crippen molar-refractivity contribution in [1.29, 1.82) is 0 Å². The molecule has 0 aromatic heterocycles. The average molecular weight is 416 g/mol. The van der Waals surface area contributed by atoms with Gasteiger partial charge in [-0.25, -0.2) is 0 Å². The van der Waals surface area contributed by atoms with E-state index in [1.807, 2.05) is 0 Å². The summed E-state index contributed by atoms with van der Waals surface area (Å²) in [6.45, 7) is 0. The predicted octanol–water partition coefficient (Wildman–Crippen LogP) is 3.00. The molecule has 0 fully saturated rings. The number of hydrogen-bond acceptors (Lipinski definition) is 4. The smallest absolute Gasteiger partial charge is 0.872 e. The largest absolute Gasteiger partial charge is 4.00 e. The molecule has 0 saturated heterocycles. The van der Waals surface area contributed by atoms with Gasteiger partial charge in [0.05, 0.1) is 0 Å². The molecule has 0 aliphatic heterocycles. The van der Waals surface area contributed by atoms with E-state index in [-0.39, 0.29) is 44.7 Å². The molecule has 0 atom stereocenters. The number of rotatable bonds is 2. The maximum Gasteiger partial charge on any atom is 4.00 e. The van der Waals surface area contributed by atoms with Gasteiger partial charge in [-0.3, -0.25) is 0 Å². The van der Waals surface area contributed by atoms with E-state index in [2.05, 4.69) is 0 Å². The molecule has 0 amide bonds. The molecule has 4 rings (SSSR count). The Kier molecular flexibility index (Phi) is 7.90. The summed E-state index contributed by atoms with van der Waals surface area (Å²) in [5.41, 5.74) is 1.88. The Balaban J connectivity index is 0.000000200. The van der Waals surface area contributed by atoms with Crippen LogP contribution in [0.15, 0.2) is 97.1 Å². The fraction of sp³-hybridized carbons (Fsp3) is 0. The van der Waals surface area contributed by atoms with Crippen LogP contribution in [0.25, 0.3) is 22.3 Å². The van der Waals surface area contributed by atoms with Gasteiger partial charge in [0.15, 0.2) is 0 Å². The Bertz CT molecular complexity index is 905. The first-order chi connectivity index (χ1) is 13.6. The molecule has 4 nitrogen and oxygen atoms in total. The molecule has 0 spiro atoms. The van der Waals surface area contributed by atoms with Gasteiger partial charge >= 0.3 is 21.7 Å². The van der Waals surface area contributed by atoms with Gasteiger partial charge in [-0.1, -0.05) is 97.1 Å². The van der Waals surface area contributed by atoms with E-state index in [0.29, 0.717) is 22.3 Å². The third kappa shape index (κ3) is 5.41. The van der Waals surface area contributed by atoms with E-state index in [1.165, 1.54) is 24.3 Å². The quantitative estimate of drug-likeness (QED) is 0.470. The van der Waals surface area contributed by atoms with Crippen LogP contribution >= 0.6 is 0 Å². The molecule has 4 aromatic rings. The molecule has 0 aliphatic rings. The van der Waals surface area contributed by atoms with Crippen molar-refractivity contribution in [3.8, 4) is 45.3 Å². The van der Waals surface area contributed by atoms with Crippen LogP contribution in [0.1, 0.15) is 0 Å². The van der Waals surface area contributed by atoms with Crippen molar-refractivity contribution in [2.24, 2.45) is 0 Å². The topological polar surface area (TPSA) is 92.2 Å². The molecule has 0 bridgehead atoms. The second kappa shape index (κ2) is 10.4.